The molecular weight excluding hydrogens is 437 g/mol. The Morgan fingerprint density at radius 1 is 1.03 bits per heavy atom. The fourth-order valence-electron chi connectivity index (χ4n) is 3.62. The molecule has 0 radical (unpaired) electrons. The van der Waals surface area contributed by atoms with Crippen molar-refractivity contribution < 1.29 is 12.8 Å². The summed E-state index contributed by atoms with van der Waals surface area (Å²) in [6, 6.07) is 13.4. The molecule has 10 heteroatoms. The van der Waals surface area contributed by atoms with Crippen LogP contribution in [0.2, 0.25) is 0 Å². The fraction of sp³-hybridized carbons (Fsp3) is 0.333. The minimum atomic E-state index is -3.51. The predicted octanol–water partition coefficient (Wildman–Crippen LogP) is 3.03. The highest BCUT2D eigenvalue weighted by atomic mass is 32.2. The molecule has 3 aromatic rings. The molecular formula is C21H24FN5O2S2. The maximum absolute atomic E-state index is 14.2. The minimum absolute atomic E-state index is 0.313. The third-order valence-corrected chi connectivity index (χ3v) is 7.88. The van der Waals surface area contributed by atoms with Crippen LogP contribution in [0.15, 0.2) is 53.4 Å². The molecule has 1 aliphatic heterocycles. The lowest BCUT2D eigenvalue weighted by atomic mass is 10.2. The number of hydrogen-bond donors (Lipinski definition) is 0. The monoisotopic (exact) mass is 461 g/mol. The van der Waals surface area contributed by atoms with E-state index in [1.165, 1.54) is 10.4 Å². The average molecular weight is 462 g/mol. The summed E-state index contributed by atoms with van der Waals surface area (Å²) < 4.78 is 45.3. The van der Waals surface area contributed by atoms with Gasteiger partial charge in [-0.3, -0.25) is 4.90 Å². The Kier molecular flexibility index (Phi) is 6.07. The van der Waals surface area contributed by atoms with Gasteiger partial charge in [-0.1, -0.05) is 29.8 Å². The van der Waals surface area contributed by atoms with Crippen molar-refractivity contribution in [3.8, 4) is 11.4 Å². The zero-order valence-electron chi connectivity index (χ0n) is 17.4. The van der Waals surface area contributed by atoms with Crippen LogP contribution in [0.3, 0.4) is 0 Å². The van der Waals surface area contributed by atoms with E-state index in [2.05, 4.69) is 10.00 Å². The molecule has 0 N–H and O–H groups in total. The van der Waals surface area contributed by atoms with Crippen molar-refractivity contribution in [1.82, 2.24) is 23.6 Å². The van der Waals surface area contributed by atoms with Crippen LogP contribution in [0.1, 0.15) is 5.56 Å². The molecule has 7 nitrogen and oxygen atoms in total. The van der Waals surface area contributed by atoms with Crippen LogP contribution in [0.25, 0.3) is 11.4 Å². The molecule has 0 bridgehead atoms. The van der Waals surface area contributed by atoms with Gasteiger partial charge in [0.1, 0.15) is 5.82 Å². The summed E-state index contributed by atoms with van der Waals surface area (Å²) in [5.41, 5.74) is 1.41. The van der Waals surface area contributed by atoms with E-state index in [1.54, 1.807) is 58.8 Å². The molecule has 0 atom stereocenters. The van der Waals surface area contributed by atoms with Gasteiger partial charge in [0.05, 0.1) is 17.1 Å². The Morgan fingerprint density at radius 2 is 1.68 bits per heavy atom. The summed E-state index contributed by atoms with van der Waals surface area (Å²) in [6.07, 6.45) is 0. The van der Waals surface area contributed by atoms with Crippen LogP contribution in [0.4, 0.5) is 4.39 Å². The molecule has 1 fully saturated rings. The molecule has 1 aromatic heterocycles. The van der Waals surface area contributed by atoms with Crippen LogP contribution in [0, 0.1) is 17.5 Å². The van der Waals surface area contributed by atoms with E-state index in [-0.39, 0.29) is 5.82 Å². The van der Waals surface area contributed by atoms with Crippen molar-refractivity contribution in [2.75, 3.05) is 26.2 Å². The summed E-state index contributed by atoms with van der Waals surface area (Å²) in [7, 11) is -1.75. The Labute approximate surface area is 186 Å². The highest BCUT2D eigenvalue weighted by Gasteiger charge is 2.28. The molecule has 164 valence electrons. The maximum Gasteiger partial charge on any atom is 0.243 e. The van der Waals surface area contributed by atoms with Gasteiger partial charge in [0.15, 0.2) is 10.6 Å². The number of rotatable bonds is 5. The molecule has 0 aliphatic carbocycles. The quantitative estimate of drug-likeness (QED) is 0.547. The fourth-order valence-corrected chi connectivity index (χ4v) is 5.22. The second kappa shape index (κ2) is 8.62. The van der Waals surface area contributed by atoms with Crippen molar-refractivity contribution in [3.05, 3.63) is 64.7 Å². The van der Waals surface area contributed by atoms with Crippen molar-refractivity contribution in [1.29, 1.82) is 0 Å². The van der Waals surface area contributed by atoms with Gasteiger partial charge in [-0.05, 0) is 43.4 Å². The van der Waals surface area contributed by atoms with Crippen LogP contribution in [-0.4, -0.2) is 58.1 Å². The third kappa shape index (κ3) is 4.33. The molecule has 2 heterocycles. The third-order valence-electron chi connectivity index (χ3n) is 5.48. The Hall–Kier alpha value is -2.40. The normalized spacial score (nSPS) is 16.0. The molecule has 0 spiro atoms. The molecule has 31 heavy (non-hydrogen) atoms. The number of piperazine rings is 1. The summed E-state index contributed by atoms with van der Waals surface area (Å²) in [5, 5.41) is 4.52. The van der Waals surface area contributed by atoms with E-state index in [0.29, 0.717) is 53.9 Å². The SMILES string of the molecule is Cc1ccc(S(=O)(=O)N2CCN(Cn3nc(-c4ccccc4F)n(C)c3=S)CC2)cc1. The zero-order valence-corrected chi connectivity index (χ0v) is 19.0. The lowest BCUT2D eigenvalue weighted by Crippen LogP contribution is -2.48. The number of nitrogens with zero attached hydrogens (tertiary/aromatic N) is 5. The number of benzene rings is 2. The molecule has 2 aromatic carbocycles. The number of sulfonamides is 1. The number of aromatic nitrogens is 3. The first-order valence-corrected chi connectivity index (χ1v) is 11.8. The van der Waals surface area contributed by atoms with Crippen LogP contribution in [-0.2, 0) is 23.7 Å². The molecule has 0 saturated carbocycles. The topological polar surface area (TPSA) is 63.4 Å². The minimum Gasteiger partial charge on any atom is -0.303 e. The van der Waals surface area contributed by atoms with Crippen molar-refractivity contribution in [3.63, 3.8) is 0 Å². The van der Waals surface area contributed by atoms with Gasteiger partial charge < -0.3 is 4.57 Å². The Bertz CT molecular complexity index is 1240. The van der Waals surface area contributed by atoms with E-state index in [0.717, 1.165) is 5.56 Å². The van der Waals surface area contributed by atoms with E-state index >= 15 is 0 Å². The van der Waals surface area contributed by atoms with Crippen molar-refractivity contribution in [2.24, 2.45) is 7.05 Å². The van der Waals surface area contributed by atoms with E-state index in [4.69, 9.17) is 12.2 Å². The highest BCUT2D eigenvalue weighted by Crippen LogP contribution is 2.22. The van der Waals surface area contributed by atoms with Crippen LogP contribution < -0.4 is 0 Å². The highest BCUT2D eigenvalue weighted by molar-refractivity contribution is 7.89. The van der Waals surface area contributed by atoms with Crippen molar-refractivity contribution >= 4 is 22.2 Å². The first-order chi connectivity index (χ1) is 14.8. The molecule has 0 unspecified atom stereocenters. The number of hydrogen-bond acceptors (Lipinski definition) is 5. The lowest BCUT2D eigenvalue weighted by Gasteiger charge is -2.33. The Morgan fingerprint density at radius 3 is 2.32 bits per heavy atom. The van der Waals surface area contributed by atoms with Gasteiger partial charge in [-0.15, -0.1) is 0 Å². The predicted molar refractivity (Wildman–Crippen MR) is 119 cm³/mol. The van der Waals surface area contributed by atoms with Gasteiger partial charge in [-0.25, -0.2) is 17.5 Å². The summed E-state index contributed by atoms with van der Waals surface area (Å²) in [4.78, 5) is 2.41. The lowest BCUT2D eigenvalue weighted by molar-refractivity contribution is 0.144. The summed E-state index contributed by atoms with van der Waals surface area (Å²) in [5.74, 6) is 0.108. The van der Waals surface area contributed by atoms with E-state index in [1.807, 2.05) is 6.92 Å². The van der Waals surface area contributed by atoms with Crippen LogP contribution in [0.5, 0.6) is 0 Å². The standard InChI is InChI=1S/C21H24FN5O2S2/c1-16-7-9-17(10-8-16)31(28,29)26-13-11-25(12-14-26)15-27-21(30)24(2)20(23-27)18-5-3-4-6-19(18)22/h3-10H,11-15H2,1-2H3. The second-order valence-corrected chi connectivity index (χ2v) is 9.92. The first-order valence-electron chi connectivity index (χ1n) is 9.95. The Balaban J connectivity index is 1.46. The molecule has 0 amide bonds. The number of halogens is 1. The summed E-state index contributed by atoms with van der Waals surface area (Å²) >= 11 is 5.49. The van der Waals surface area contributed by atoms with Gasteiger partial charge >= 0.3 is 0 Å². The van der Waals surface area contributed by atoms with Gasteiger partial charge in [0.2, 0.25) is 10.0 Å². The number of aryl methyl sites for hydroxylation is 1. The molecule has 4 rings (SSSR count). The van der Waals surface area contributed by atoms with Gasteiger partial charge in [0, 0.05) is 33.2 Å². The second-order valence-electron chi connectivity index (χ2n) is 7.62. The van der Waals surface area contributed by atoms with Gasteiger partial charge in [0.25, 0.3) is 0 Å². The maximum atomic E-state index is 14.2. The smallest absolute Gasteiger partial charge is 0.243 e. The molecule has 1 saturated heterocycles. The first kappa shape index (κ1) is 21.8. The average Bonchev–Trinajstić information content (AvgIpc) is 3.03. The molecule has 1 aliphatic rings. The largest absolute Gasteiger partial charge is 0.303 e. The summed E-state index contributed by atoms with van der Waals surface area (Å²) in [6.45, 7) is 4.22. The van der Waals surface area contributed by atoms with Crippen LogP contribution >= 0.6 is 12.2 Å². The van der Waals surface area contributed by atoms with E-state index < -0.39 is 10.0 Å². The van der Waals surface area contributed by atoms with Gasteiger partial charge in [-0.2, -0.15) is 9.40 Å². The van der Waals surface area contributed by atoms with Crippen molar-refractivity contribution in [2.45, 2.75) is 18.5 Å². The zero-order chi connectivity index (χ0) is 22.2. The van der Waals surface area contributed by atoms with E-state index in [9.17, 15) is 12.8 Å².